The summed E-state index contributed by atoms with van der Waals surface area (Å²) < 4.78 is 27.6. The Morgan fingerprint density at radius 3 is 2.53 bits per heavy atom. The molecule has 2 aromatic carbocycles. The second-order valence-electron chi connectivity index (χ2n) is 8.70. The molecule has 32 heavy (non-hydrogen) atoms. The van der Waals surface area contributed by atoms with Crippen molar-refractivity contribution in [1.29, 1.82) is 0 Å². The van der Waals surface area contributed by atoms with Gasteiger partial charge in [0.1, 0.15) is 17.7 Å². The van der Waals surface area contributed by atoms with Gasteiger partial charge in [-0.2, -0.15) is 0 Å². The van der Waals surface area contributed by atoms with Crippen molar-refractivity contribution in [2.24, 2.45) is 5.92 Å². The lowest BCUT2D eigenvalue weighted by Crippen LogP contribution is -2.52. The van der Waals surface area contributed by atoms with Gasteiger partial charge in [-0.05, 0) is 49.1 Å². The zero-order valence-electron chi connectivity index (χ0n) is 17.4. The summed E-state index contributed by atoms with van der Waals surface area (Å²) in [5, 5.41) is 5.79. The highest BCUT2D eigenvalue weighted by Gasteiger charge is 2.45. The van der Waals surface area contributed by atoms with Crippen LogP contribution in [0.4, 0.5) is 14.5 Å². The van der Waals surface area contributed by atoms with Crippen LogP contribution in [0.15, 0.2) is 36.4 Å². The Balaban J connectivity index is 1.43. The summed E-state index contributed by atoms with van der Waals surface area (Å²) in [7, 11) is 0. The molecule has 1 saturated carbocycles. The molecule has 1 saturated heterocycles. The number of amides is 3. The zero-order chi connectivity index (χ0) is 22.4. The van der Waals surface area contributed by atoms with Crippen LogP contribution in [-0.2, 0) is 9.59 Å². The molecular weight excluding hydrogens is 416 g/mol. The van der Waals surface area contributed by atoms with Crippen molar-refractivity contribution < 1.29 is 23.2 Å². The first-order valence-electron chi connectivity index (χ1n) is 10.9. The molecule has 2 heterocycles. The van der Waals surface area contributed by atoms with Crippen LogP contribution in [0.25, 0.3) is 11.1 Å². The molecule has 2 atom stereocenters. The minimum Gasteiger partial charge on any atom is -0.350 e. The molecule has 2 aliphatic heterocycles. The highest BCUT2D eigenvalue weighted by Crippen LogP contribution is 2.33. The second kappa shape index (κ2) is 8.00. The van der Waals surface area contributed by atoms with E-state index >= 15 is 0 Å². The van der Waals surface area contributed by atoms with E-state index in [2.05, 4.69) is 10.6 Å². The SMILES string of the molecule is O=C(NC1CCN2C(=O)c3cc(-c4ccc(F)cc4F)ccc3NC(=O)C12)C1CCCC1. The molecule has 2 aromatic rings. The molecule has 0 radical (unpaired) electrons. The number of hydrogen-bond acceptors (Lipinski definition) is 3. The predicted octanol–water partition coefficient (Wildman–Crippen LogP) is 3.47. The summed E-state index contributed by atoms with van der Waals surface area (Å²) in [6, 6.07) is 6.67. The van der Waals surface area contributed by atoms with Crippen molar-refractivity contribution in [3.63, 3.8) is 0 Å². The van der Waals surface area contributed by atoms with Crippen LogP contribution < -0.4 is 10.6 Å². The van der Waals surface area contributed by atoms with Crippen molar-refractivity contribution >= 4 is 23.4 Å². The maximum atomic E-state index is 14.3. The third-order valence-corrected chi connectivity index (χ3v) is 6.73. The van der Waals surface area contributed by atoms with Crippen molar-refractivity contribution in [3.8, 4) is 11.1 Å². The summed E-state index contributed by atoms with van der Waals surface area (Å²) in [5.74, 6) is -2.21. The highest BCUT2D eigenvalue weighted by molar-refractivity contribution is 6.11. The first-order chi connectivity index (χ1) is 15.4. The fourth-order valence-electron chi connectivity index (χ4n) is 5.07. The molecule has 6 nitrogen and oxygen atoms in total. The summed E-state index contributed by atoms with van der Waals surface area (Å²) in [4.78, 5) is 40.4. The molecule has 8 heteroatoms. The number of benzene rings is 2. The van der Waals surface area contributed by atoms with Crippen molar-refractivity contribution in [2.75, 3.05) is 11.9 Å². The molecule has 1 aliphatic carbocycles. The van der Waals surface area contributed by atoms with Crippen molar-refractivity contribution in [3.05, 3.63) is 53.6 Å². The van der Waals surface area contributed by atoms with Gasteiger partial charge in [-0.15, -0.1) is 0 Å². The normalized spacial score (nSPS) is 22.9. The zero-order valence-corrected chi connectivity index (χ0v) is 17.4. The Morgan fingerprint density at radius 1 is 1.00 bits per heavy atom. The summed E-state index contributed by atoms with van der Waals surface area (Å²) >= 11 is 0. The number of anilines is 1. The second-order valence-corrected chi connectivity index (χ2v) is 8.70. The highest BCUT2D eigenvalue weighted by atomic mass is 19.1. The van der Waals surface area contributed by atoms with Gasteiger partial charge < -0.3 is 15.5 Å². The quantitative estimate of drug-likeness (QED) is 0.769. The van der Waals surface area contributed by atoms with Gasteiger partial charge in [0.25, 0.3) is 5.91 Å². The molecular formula is C24H23F2N3O3. The lowest BCUT2D eigenvalue weighted by Gasteiger charge is -2.25. The Labute approximate surface area is 184 Å². The Morgan fingerprint density at radius 2 is 1.78 bits per heavy atom. The maximum absolute atomic E-state index is 14.3. The van der Waals surface area contributed by atoms with Gasteiger partial charge in [-0.25, -0.2) is 8.78 Å². The van der Waals surface area contributed by atoms with Crippen LogP contribution >= 0.6 is 0 Å². The fourth-order valence-corrected chi connectivity index (χ4v) is 5.07. The smallest absolute Gasteiger partial charge is 0.256 e. The Kier molecular flexibility index (Phi) is 5.15. The van der Waals surface area contributed by atoms with Crippen LogP contribution in [0.5, 0.6) is 0 Å². The third-order valence-electron chi connectivity index (χ3n) is 6.73. The average Bonchev–Trinajstić information content (AvgIpc) is 3.42. The first kappa shape index (κ1) is 20.6. The number of carbonyl (C=O) groups excluding carboxylic acids is 3. The molecule has 3 aliphatic rings. The average molecular weight is 439 g/mol. The van der Waals surface area contributed by atoms with Gasteiger partial charge in [-0.1, -0.05) is 18.9 Å². The topological polar surface area (TPSA) is 78.5 Å². The summed E-state index contributed by atoms with van der Waals surface area (Å²) in [6.45, 7) is 0.334. The van der Waals surface area contributed by atoms with E-state index in [4.69, 9.17) is 0 Å². The van der Waals surface area contributed by atoms with Gasteiger partial charge in [0.05, 0.1) is 17.3 Å². The Hall–Kier alpha value is -3.29. The van der Waals surface area contributed by atoms with Crippen LogP contribution in [-0.4, -0.2) is 41.2 Å². The summed E-state index contributed by atoms with van der Waals surface area (Å²) in [5.41, 5.74) is 1.15. The van der Waals surface area contributed by atoms with E-state index in [-0.39, 0.29) is 34.8 Å². The molecule has 166 valence electrons. The van der Waals surface area contributed by atoms with Gasteiger partial charge in [0.15, 0.2) is 0 Å². The van der Waals surface area contributed by atoms with Crippen LogP contribution in [0.2, 0.25) is 0 Å². The molecule has 0 aromatic heterocycles. The van der Waals surface area contributed by atoms with E-state index in [1.807, 2.05) is 0 Å². The fraction of sp³-hybridized carbons (Fsp3) is 0.375. The van der Waals surface area contributed by atoms with E-state index in [1.165, 1.54) is 17.0 Å². The third kappa shape index (κ3) is 3.53. The summed E-state index contributed by atoms with van der Waals surface area (Å²) in [6.07, 6.45) is 4.26. The van der Waals surface area contributed by atoms with E-state index in [9.17, 15) is 23.2 Å². The minimum absolute atomic E-state index is 0.0287. The number of nitrogens with zero attached hydrogens (tertiary/aromatic N) is 1. The molecule has 2 unspecified atom stereocenters. The van der Waals surface area contributed by atoms with Gasteiger partial charge in [-0.3, -0.25) is 14.4 Å². The van der Waals surface area contributed by atoms with E-state index in [0.29, 0.717) is 24.2 Å². The van der Waals surface area contributed by atoms with Crippen LogP contribution in [0.1, 0.15) is 42.5 Å². The standard InChI is InChI=1S/C24H23F2N3O3/c25-15-6-7-16(18(26)12-15)14-5-8-19-17(11-14)24(32)29-10-9-20(21(29)23(31)27-19)28-22(30)13-3-1-2-4-13/h5-8,11-13,20-21H,1-4,9-10H2,(H,27,31)(H,28,30). The number of rotatable bonds is 3. The Bertz CT molecular complexity index is 1110. The van der Waals surface area contributed by atoms with Crippen molar-refractivity contribution in [1.82, 2.24) is 10.2 Å². The van der Waals surface area contributed by atoms with E-state index < -0.39 is 23.7 Å². The van der Waals surface area contributed by atoms with Crippen LogP contribution in [0.3, 0.4) is 0 Å². The molecule has 2 N–H and O–H groups in total. The number of hydrogen-bond donors (Lipinski definition) is 2. The van der Waals surface area contributed by atoms with Gasteiger partial charge >= 0.3 is 0 Å². The molecule has 0 spiro atoms. The molecule has 3 amide bonds. The number of nitrogens with one attached hydrogen (secondary N) is 2. The number of carbonyl (C=O) groups is 3. The van der Waals surface area contributed by atoms with E-state index in [0.717, 1.165) is 37.8 Å². The maximum Gasteiger partial charge on any atom is 0.256 e. The predicted molar refractivity (Wildman–Crippen MR) is 114 cm³/mol. The number of halogens is 2. The monoisotopic (exact) mass is 439 g/mol. The minimum atomic E-state index is -0.800. The van der Waals surface area contributed by atoms with Gasteiger partial charge in [0.2, 0.25) is 11.8 Å². The number of fused-ring (bicyclic) bond motifs is 2. The van der Waals surface area contributed by atoms with E-state index in [1.54, 1.807) is 12.1 Å². The lowest BCUT2D eigenvalue weighted by molar-refractivity contribution is -0.126. The van der Waals surface area contributed by atoms with Crippen LogP contribution in [0, 0.1) is 17.6 Å². The molecule has 5 rings (SSSR count). The molecule has 0 bridgehead atoms. The lowest BCUT2D eigenvalue weighted by atomic mass is 10.0. The largest absolute Gasteiger partial charge is 0.350 e. The molecule has 2 fully saturated rings. The first-order valence-corrected chi connectivity index (χ1v) is 10.9. The van der Waals surface area contributed by atoms with Gasteiger partial charge in [0, 0.05) is 24.1 Å². The van der Waals surface area contributed by atoms with Crippen molar-refractivity contribution in [2.45, 2.75) is 44.2 Å².